The van der Waals surface area contributed by atoms with Crippen LogP contribution in [0.25, 0.3) is 11.3 Å². The van der Waals surface area contributed by atoms with Crippen LogP contribution in [0.5, 0.6) is 0 Å². The second-order valence-electron chi connectivity index (χ2n) is 5.81. The fourth-order valence-electron chi connectivity index (χ4n) is 2.91. The van der Waals surface area contributed by atoms with E-state index in [1.54, 1.807) is 6.20 Å². The Labute approximate surface area is 138 Å². The number of hydrogen-bond acceptors (Lipinski definition) is 7. The van der Waals surface area contributed by atoms with E-state index >= 15 is 0 Å². The number of aromatic nitrogens is 3. The summed E-state index contributed by atoms with van der Waals surface area (Å²) in [7, 11) is 0. The van der Waals surface area contributed by atoms with Crippen LogP contribution in [0.1, 0.15) is 13.0 Å². The maximum absolute atomic E-state index is 11.7. The second kappa shape index (κ2) is 6.78. The average molecular weight is 333 g/mol. The fraction of sp³-hybridized carbons (Fsp3) is 0.438. The molecule has 1 saturated heterocycles. The van der Waals surface area contributed by atoms with Gasteiger partial charge in [-0.15, -0.1) is 5.10 Å². The quantitative estimate of drug-likeness (QED) is 0.694. The van der Waals surface area contributed by atoms with Crippen molar-refractivity contribution in [3.8, 4) is 11.3 Å². The van der Waals surface area contributed by atoms with E-state index in [1.807, 2.05) is 30.3 Å². The Kier molecular flexibility index (Phi) is 4.72. The van der Waals surface area contributed by atoms with Gasteiger partial charge in [0.25, 0.3) is 0 Å². The van der Waals surface area contributed by atoms with Crippen LogP contribution in [-0.2, 0) is 9.53 Å². The summed E-state index contributed by atoms with van der Waals surface area (Å²) < 4.78 is 6.62. The maximum atomic E-state index is 11.7. The number of ether oxygens (including phenoxy) is 1. The third-order valence-corrected chi connectivity index (χ3v) is 4.18. The standard InChI is InChI=1S/C16H19N3O5/c1-9(21)16-15(23)13(14(22)12(8-20)24-16)19-7-11(17-18-19)10-5-3-2-4-6-10/h2-7,12-16,20,22-23H,8H2,1H3/t12-,13+,14+,15-,16+/m1/s1. The van der Waals surface area contributed by atoms with Gasteiger partial charge in [-0.3, -0.25) is 4.79 Å². The van der Waals surface area contributed by atoms with E-state index < -0.39 is 37.1 Å². The van der Waals surface area contributed by atoms with Gasteiger partial charge in [-0.05, 0) is 6.92 Å². The molecular weight excluding hydrogens is 314 g/mol. The zero-order valence-electron chi connectivity index (χ0n) is 13.1. The molecule has 0 amide bonds. The number of rotatable bonds is 4. The van der Waals surface area contributed by atoms with Crippen molar-refractivity contribution in [2.24, 2.45) is 0 Å². The molecule has 2 heterocycles. The van der Waals surface area contributed by atoms with E-state index in [0.717, 1.165) is 5.56 Å². The maximum Gasteiger partial charge on any atom is 0.161 e. The summed E-state index contributed by atoms with van der Waals surface area (Å²) in [6, 6.07) is 8.37. The molecule has 0 radical (unpaired) electrons. The Bertz CT molecular complexity index is 705. The Morgan fingerprint density at radius 1 is 1.25 bits per heavy atom. The van der Waals surface area contributed by atoms with E-state index in [2.05, 4.69) is 10.3 Å². The minimum absolute atomic E-state index is 0.388. The first kappa shape index (κ1) is 16.7. The highest BCUT2D eigenvalue weighted by molar-refractivity contribution is 5.81. The number of nitrogens with zero attached hydrogens (tertiary/aromatic N) is 3. The van der Waals surface area contributed by atoms with Crippen LogP contribution in [0.4, 0.5) is 0 Å². The van der Waals surface area contributed by atoms with Gasteiger partial charge < -0.3 is 20.1 Å². The van der Waals surface area contributed by atoms with Crippen molar-refractivity contribution < 1.29 is 24.9 Å². The summed E-state index contributed by atoms with van der Waals surface area (Å²) in [6.07, 6.45) is -3.07. The summed E-state index contributed by atoms with van der Waals surface area (Å²) in [5.74, 6) is -0.388. The molecule has 3 N–H and O–H groups in total. The predicted octanol–water partition coefficient (Wildman–Crippen LogP) is -0.443. The first-order valence-corrected chi connectivity index (χ1v) is 7.63. The largest absolute Gasteiger partial charge is 0.394 e. The second-order valence-corrected chi connectivity index (χ2v) is 5.81. The number of ketones is 1. The van der Waals surface area contributed by atoms with Crippen molar-refractivity contribution in [2.45, 2.75) is 37.4 Å². The van der Waals surface area contributed by atoms with Crippen molar-refractivity contribution in [3.63, 3.8) is 0 Å². The molecule has 5 atom stereocenters. The lowest BCUT2D eigenvalue weighted by molar-refractivity contribution is -0.204. The highest BCUT2D eigenvalue weighted by Crippen LogP contribution is 2.31. The molecule has 1 fully saturated rings. The Hall–Kier alpha value is -2.13. The first-order valence-electron chi connectivity index (χ1n) is 7.63. The lowest BCUT2D eigenvalue weighted by Crippen LogP contribution is -2.57. The van der Waals surface area contributed by atoms with Crippen LogP contribution in [0.3, 0.4) is 0 Å². The average Bonchev–Trinajstić information content (AvgIpc) is 3.05. The topological polar surface area (TPSA) is 118 Å². The molecule has 0 bridgehead atoms. The molecule has 0 saturated carbocycles. The molecule has 0 aliphatic carbocycles. The lowest BCUT2D eigenvalue weighted by atomic mass is 9.91. The summed E-state index contributed by atoms with van der Waals surface area (Å²) in [5.41, 5.74) is 1.41. The highest BCUT2D eigenvalue weighted by atomic mass is 16.5. The normalized spacial score (nSPS) is 30.2. The van der Waals surface area contributed by atoms with Gasteiger partial charge >= 0.3 is 0 Å². The SMILES string of the molecule is CC(=O)[C@@H]1O[C@H](CO)[C@H](O)[C@H](n2cc(-c3ccccc3)nn2)[C@H]1O. The zero-order chi connectivity index (χ0) is 17.3. The highest BCUT2D eigenvalue weighted by Gasteiger charge is 2.47. The van der Waals surface area contributed by atoms with Gasteiger partial charge in [-0.1, -0.05) is 35.5 Å². The Balaban J connectivity index is 1.94. The Morgan fingerprint density at radius 3 is 2.58 bits per heavy atom. The van der Waals surface area contributed by atoms with Gasteiger partial charge in [-0.25, -0.2) is 4.68 Å². The molecule has 0 spiro atoms. The third kappa shape index (κ3) is 2.96. The smallest absolute Gasteiger partial charge is 0.161 e. The molecule has 128 valence electrons. The van der Waals surface area contributed by atoms with Crippen LogP contribution in [-0.4, -0.2) is 67.1 Å². The molecule has 8 nitrogen and oxygen atoms in total. The third-order valence-electron chi connectivity index (χ3n) is 4.18. The van der Waals surface area contributed by atoms with Gasteiger partial charge in [0.2, 0.25) is 0 Å². The van der Waals surface area contributed by atoms with Crippen molar-refractivity contribution >= 4 is 5.78 Å². The molecule has 1 aliphatic rings. The molecule has 1 aromatic carbocycles. The first-order chi connectivity index (χ1) is 11.5. The summed E-state index contributed by atoms with van der Waals surface area (Å²) in [6.45, 7) is 0.808. The number of aliphatic hydroxyl groups is 3. The number of carbonyl (C=O) groups is 1. The zero-order valence-corrected chi connectivity index (χ0v) is 13.1. The minimum Gasteiger partial charge on any atom is -0.394 e. The number of benzene rings is 1. The molecule has 8 heteroatoms. The van der Waals surface area contributed by atoms with Gasteiger partial charge in [0.15, 0.2) is 5.78 Å². The molecule has 1 aliphatic heterocycles. The van der Waals surface area contributed by atoms with Gasteiger partial charge in [0.05, 0.1) is 12.8 Å². The van der Waals surface area contributed by atoms with Crippen molar-refractivity contribution in [3.05, 3.63) is 36.5 Å². The van der Waals surface area contributed by atoms with E-state index in [0.29, 0.717) is 5.69 Å². The number of Topliss-reactive ketones (excluding diaryl/α,β-unsaturated/α-hetero) is 1. The molecule has 24 heavy (non-hydrogen) atoms. The van der Waals surface area contributed by atoms with E-state index in [1.165, 1.54) is 11.6 Å². The molecule has 1 aromatic heterocycles. The molecular formula is C16H19N3O5. The van der Waals surface area contributed by atoms with Crippen molar-refractivity contribution in [1.29, 1.82) is 0 Å². The number of aliphatic hydroxyl groups excluding tert-OH is 3. The molecule has 3 rings (SSSR count). The van der Waals surface area contributed by atoms with Crippen LogP contribution in [0, 0.1) is 0 Å². The fourth-order valence-corrected chi connectivity index (χ4v) is 2.91. The van der Waals surface area contributed by atoms with Gasteiger partial charge in [-0.2, -0.15) is 0 Å². The number of carbonyl (C=O) groups excluding carboxylic acids is 1. The van der Waals surface area contributed by atoms with Crippen LogP contribution in [0.15, 0.2) is 36.5 Å². The molecule has 0 unspecified atom stereocenters. The van der Waals surface area contributed by atoms with Gasteiger partial charge in [0.1, 0.15) is 36.2 Å². The van der Waals surface area contributed by atoms with Crippen LogP contribution < -0.4 is 0 Å². The van der Waals surface area contributed by atoms with Gasteiger partial charge in [0, 0.05) is 5.56 Å². The molecule has 2 aromatic rings. The van der Waals surface area contributed by atoms with Crippen LogP contribution in [0.2, 0.25) is 0 Å². The van der Waals surface area contributed by atoms with Crippen molar-refractivity contribution in [2.75, 3.05) is 6.61 Å². The summed E-state index contributed by atoms with van der Waals surface area (Å²) in [5, 5.41) is 38.2. The summed E-state index contributed by atoms with van der Waals surface area (Å²) >= 11 is 0. The summed E-state index contributed by atoms with van der Waals surface area (Å²) in [4.78, 5) is 11.7. The Morgan fingerprint density at radius 2 is 1.96 bits per heavy atom. The number of hydrogen-bond donors (Lipinski definition) is 3. The van der Waals surface area contributed by atoms with E-state index in [4.69, 9.17) is 4.74 Å². The van der Waals surface area contributed by atoms with Crippen LogP contribution >= 0.6 is 0 Å². The minimum atomic E-state index is -1.30. The monoisotopic (exact) mass is 333 g/mol. The van der Waals surface area contributed by atoms with E-state index in [-0.39, 0.29) is 5.78 Å². The predicted molar refractivity (Wildman–Crippen MR) is 82.9 cm³/mol. The van der Waals surface area contributed by atoms with E-state index in [9.17, 15) is 20.1 Å². The lowest BCUT2D eigenvalue weighted by Gasteiger charge is -2.41. The van der Waals surface area contributed by atoms with Crippen molar-refractivity contribution in [1.82, 2.24) is 15.0 Å².